The Labute approximate surface area is 129 Å². The van der Waals surface area contributed by atoms with Gasteiger partial charge in [0.2, 0.25) is 11.8 Å². The molecule has 0 fully saturated rings. The Morgan fingerprint density at radius 3 is 2.95 bits per heavy atom. The summed E-state index contributed by atoms with van der Waals surface area (Å²) in [5.74, 6) is -0.305. The Bertz CT molecular complexity index is 821. The van der Waals surface area contributed by atoms with Gasteiger partial charge in [0.15, 0.2) is 11.6 Å². The summed E-state index contributed by atoms with van der Waals surface area (Å²) in [4.78, 5) is 10.1. The number of hydrogen-bond acceptors (Lipinski definition) is 5. The zero-order chi connectivity index (χ0) is 15.0. The number of aryl methyl sites for hydroxylation is 1. The lowest BCUT2D eigenvalue weighted by atomic mass is 10.3. The number of nitrogens with zero attached hydrogens (tertiary/aromatic N) is 2. The number of nitrogens with two attached hydrogens (primary N) is 1. The molecule has 0 radical (unpaired) electrons. The minimum Gasteiger partial charge on any atom is -0.435 e. The number of benzene rings is 1. The Kier molecular flexibility index (Phi) is 3.65. The first kappa shape index (κ1) is 14.0. The Morgan fingerprint density at radius 2 is 2.19 bits per heavy atom. The molecule has 2 N–H and O–H groups in total. The van der Waals surface area contributed by atoms with Crippen molar-refractivity contribution < 1.29 is 9.13 Å². The predicted molar refractivity (Wildman–Crippen MR) is 82.7 cm³/mol. The van der Waals surface area contributed by atoms with Gasteiger partial charge in [-0.3, -0.25) is 0 Å². The minimum atomic E-state index is -0.629. The van der Waals surface area contributed by atoms with Crippen LogP contribution in [0.4, 0.5) is 10.3 Å². The minimum absolute atomic E-state index is 0.00569. The summed E-state index contributed by atoms with van der Waals surface area (Å²) < 4.78 is 19.5. The number of thiophene rings is 1. The van der Waals surface area contributed by atoms with Crippen LogP contribution in [0.15, 0.2) is 24.3 Å². The van der Waals surface area contributed by atoms with E-state index in [1.54, 1.807) is 6.07 Å². The molecule has 0 atom stereocenters. The van der Waals surface area contributed by atoms with Crippen molar-refractivity contribution in [3.8, 4) is 11.6 Å². The van der Waals surface area contributed by atoms with E-state index in [-0.39, 0.29) is 22.6 Å². The van der Waals surface area contributed by atoms with Crippen molar-refractivity contribution in [1.29, 1.82) is 0 Å². The van der Waals surface area contributed by atoms with Crippen LogP contribution in [0.2, 0.25) is 5.02 Å². The number of rotatable bonds is 3. The van der Waals surface area contributed by atoms with E-state index in [1.165, 1.54) is 23.5 Å². The van der Waals surface area contributed by atoms with Crippen molar-refractivity contribution >= 4 is 39.1 Å². The molecule has 1 aromatic carbocycles. The van der Waals surface area contributed by atoms with Crippen molar-refractivity contribution in [3.05, 3.63) is 40.0 Å². The molecule has 21 heavy (non-hydrogen) atoms. The summed E-state index contributed by atoms with van der Waals surface area (Å²) in [6.45, 7) is 2.04. The second-order valence-electron chi connectivity index (χ2n) is 4.33. The molecule has 4 nitrogen and oxygen atoms in total. The molecule has 0 unspecified atom stereocenters. The molecule has 7 heteroatoms. The fourth-order valence-electron chi connectivity index (χ4n) is 1.88. The Hall–Kier alpha value is -1.92. The van der Waals surface area contributed by atoms with E-state index in [0.29, 0.717) is 5.39 Å². The lowest BCUT2D eigenvalue weighted by Crippen LogP contribution is -1.98. The smallest absolute Gasteiger partial charge is 0.233 e. The number of nitrogen functional groups attached to an aromatic ring is 1. The van der Waals surface area contributed by atoms with Gasteiger partial charge in [0, 0.05) is 4.88 Å². The number of ether oxygens (including phenoxy) is 1. The lowest BCUT2D eigenvalue weighted by Gasteiger charge is -2.07. The molecule has 108 valence electrons. The predicted octanol–water partition coefficient (Wildman–Crippen LogP) is 4.42. The molecule has 0 bridgehead atoms. The first-order chi connectivity index (χ1) is 10.1. The Balaban J connectivity index is 2.11. The van der Waals surface area contributed by atoms with Crippen LogP contribution in [0.1, 0.15) is 11.8 Å². The molecule has 0 aliphatic heterocycles. The molecular formula is C14H11ClFN3OS. The highest BCUT2D eigenvalue weighted by Gasteiger charge is 2.15. The standard InChI is InChI=1S/C14H11ClFN3OS/c1-2-7-6-8-12(18-14(17)19-13(8)21-7)20-10-5-3-4-9(15)11(10)16/h3-6H,2H2,1H3,(H2,17,18,19). The van der Waals surface area contributed by atoms with Gasteiger partial charge in [-0.05, 0) is 24.6 Å². The summed E-state index contributed by atoms with van der Waals surface area (Å²) in [7, 11) is 0. The maximum absolute atomic E-state index is 13.9. The third-order valence-corrected chi connectivity index (χ3v) is 4.36. The van der Waals surface area contributed by atoms with E-state index in [9.17, 15) is 4.39 Å². The van der Waals surface area contributed by atoms with Crippen LogP contribution >= 0.6 is 22.9 Å². The van der Waals surface area contributed by atoms with Crippen LogP contribution in [-0.4, -0.2) is 9.97 Å². The van der Waals surface area contributed by atoms with E-state index < -0.39 is 5.82 Å². The van der Waals surface area contributed by atoms with Crippen LogP contribution < -0.4 is 10.5 Å². The zero-order valence-electron chi connectivity index (χ0n) is 11.1. The van der Waals surface area contributed by atoms with Crippen LogP contribution in [0.5, 0.6) is 11.6 Å². The molecule has 0 saturated heterocycles. The highest BCUT2D eigenvalue weighted by molar-refractivity contribution is 7.18. The van der Waals surface area contributed by atoms with Gasteiger partial charge in [0.1, 0.15) is 4.83 Å². The quantitative estimate of drug-likeness (QED) is 0.775. The first-order valence-electron chi connectivity index (χ1n) is 6.26. The third-order valence-electron chi connectivity index (χ3n) is 2.90. The summed E-state index contributed by atoms with van der Waals surface area (Å²) in [5, 5.41) is 0.704. The molecule has 0 spiro atoms. The average molecular weight is 324 g/mol. The maximum atomic E-state index is 13.9. The lowest BCUT2D eigenvalue weighted by molar-refractivity contribution is 0.432. The van der Waals surface area contributed by atoms with Gasteiger partial charge < -0.3 is 10.5 Å². The van der Waals surface area contributed by atoms with E-state index in [2.05, 4.69) is 9.97 Å². The van der Waals surface area contributed by atoms with Crippen molar-refractivity contribution in [1.82, 2.24) is 9.97 Å². The fourth-order valence-corrected chi connectivity index (χ4v) is 3.01. The maximum Gasteiger partial charge on any atom is 0.233 e. The summed E-state index contributed by atoms with van der Waals surface area (Å²) in [6.07, 6.45) is 0.867. The van der Waals surface area contributed by atoms with Crippen molar-refractivity contribution in [2.24, 2.45) is 0 Å². The van der Waals surface area contributed by atoms with E-state index in [1.807, 2.05) is 13.0 Å². The average Bonchev–Trinajstić information content (AvgIpc) is 2.87. The Morgan fingerprint density at radius 1 is 1.38 bits per heavy atom. The molecule has 2 heterocycles. The molecule has 2 aromatic heterocycles. The van der Waals surface area contributed by atoms with Gasteiger partial charge >= 0.3 is 0 Å². The van der Waals surface area contributed by atoms with Crippen LogP contribution in [0.25, 0.3) is 10.2 Å². The molecular weight excluding hydrogens is 313 g/mol. The van der Waals surface area contributed by atoms with Crippen molar-refractivity contribution in [2.75, 3.05) is 5.73 Å². The molecule has 0 amide bonds. The highest BCUT2D eigenvalue weighted by atomic mass is 35.5. The van der Waals surface area contributed by atoms with E-state index in [4.69, 9.17) is 22.1 Å². The van der Waals surface area contributed by atoms with Crippen molar-refractivity contribution in [3.63, 3.8) is 0 Å². The van der Waals surface area contributed by atoms with Gasteiger partial charge in [-0.2, -0.15) is 4.98 Å². The van der Waals surface area contributed by atoms with Gasteiger partial charge in [0.05, 0.1) is 10.4 Å². The molecule has 3 aromatic rings. The number of hydrogen-bond donors (Lipinski definition) is 1. The first-order valence-corrected chi connectivity index (χ1v) is 7.45. The van der Waals surface area contributed by atoms with Gasteiger partial charge in [-0.15, -0.1) is 11.3 Å². The summed E-state index contributed by atoms with van der Waals surface area (Å²) in [6, 6.07) is 6.47. The normalized spacial score (nSPS) is 11.0. The fraction of sp³-hybridized carbons (Fsp3) is 0.143. The molecule has 0 aliphatic carbocycles. The van der Waals surface area contributed by atoms with Gasteiger partial charge in [-0.1, -0.05) is 24.6 Å². The van der Waals surface area contributed by atoms with Crippen LogP contribution in [0, 0.1) is 5.82 Å². The van der Waals surface area contributed by atoms with Gasteiger partial charge in [0.25, 0.3) is 0 Å². The van der Waals surface area contributed by atoms with E-state index >= 15 is 0 Å². The van der Waals surface area contributed by atoms with E-state index in [0.717, 1.165) is 16.1 Å². The zero-order valence-corrected chi connectivity index (χ0v) is 12.6. The monoisotopic (exact) mass is 323 g/mol. The summed E-state index contributed by atoms with van der Waals surface area (Å²) in [5.41, 5.74) is 5.68. The second-order valence-corrected chi connectivity index (χ2v) is 5.85. The third kappa shape index (κ3) is 2.64. The van der Waals surface area contributed by atoms with Crippen molar-refractivity contribution in [2.45, 2.75) is 13.3 Å². The largest absolute Gasteiger partial charge is 0.435 e. The topological polar surface area (TPSA) is 61.0 Å². The number of aromatic nitrogens is 2. The SMILES string of the molecule is CCc1cc2c(Oc3cccc(Cl)c3F)nc(N)nc2s1. The number of fused-ring (bicyclic) bond motifs is 1. The second kappa shape index (κ2) is 5.46. The molecule has 0 aliphatic rings. The summed E-state index contributed by atoms with van der Waals surface area (Å²) >= 11 is 7.26. The van der Waals surface area contributed by atoms with Crippen LogP contribution in [-0.2, 0) is 6.42 Å². The number of halogens is 2. The molecule has 0 saturated carbocycles. The number of anilines is 1. The van der Waals surface area contributed by atoms with Gasteiger partial charge in [-0.25, -0.2) is 9.37 Å². The highest BCUT2D eigenvalue weighted by Crippen LogP contribution is 2.35. The molecule has 3 rings (SSSR count). The van der Waals surface area contributed by atoms with Crippen LogP contribution in [0.3, 0.4) is 0 Å².